The highest BCUT2D eigenvalue weighted by molar-refractivity contribution is 14.1. The molecule has 0 bridgehead atoms. The summed E-state index contributed by atoms with van der Waals surface area (Å²) in [6.45, 7) is 0. The molecule has 0 fully saturated rings. The van der Waals surface area contributed by atoms with Gasteiger partial charge in [0, 0.05) is 8.95 Å². The molecule has 0 radical (unpaired) electrons. The number of rotatable bonds is 4. The lowest BCUT2D eigenvalue weighted by atomic mass is 10.3. The van der Waals surface area contributed by atoms with Gasteiger partial charge < -0.3 is 10.4 Å². The number of nitrogens with zero attached hydrogens (tertiary/aromatic N) is 1. The Labute approximate surface area is 120 Å². The molecule has 1 heterocycles. The molecule has 2 rings (SSSR count). The molecular formula is C11H8FIN2O2S. The number of aliphatic carboxylic acids is 1. The van der Waals surface area contributed by atoms with Crippen LogP contribution in [0.3, 0.4) is 0 Å². The van der Waals surface area contributed by atoms with Gasteiger partial charge in [-0.2, -0.15) is 0 Å². The molecule has 94 valence electrons. The summed E-state index contributed by atoms with van der Waals surface area (Å²) in [6.07, 6.45) is -0.0985. The number of benzene rings is 1. The van der Waals surface area contributed by atoms with Gasteiger partial charge in [-0.05, 0) is 40.8 Å². The third-order valence-electron chi connectivity index (χ3n) is 2.06. The van der Waals surface area contributed by atoms with Crippen LogP contribution in [0.1, 0.15) is 5.69 Å². The number of hydrogen-bond acceptors (Lipinski definition) is 4. The van der Waals surface area contributed by atoms with Crippen molar-refractivity contribution in [3.05, 3.63) is 38.7 Å². The standard InChI is InChI=1S/C11H8FIN2O2S/c12-6-1-2-9(8(13)3-6)15-11-14-7(5-18-11)4-10(16)17/h1-3,5H,4H2,(H,14,15)(H,16,17). The van der Waals surface area contributed by atoms with Crippen molar-refractivity contribution in [2.24, 2.45) is 0 Å². The number of halogens is 2. The van der Waals surface area contributed by atoms with Crippen molar-refractivity contribution in [3.8, 4) is 0 Å². The Bertz CT molecular complexity index is 588. The second-order valence-corrected chi connectivity index (χ2v) is 5.48. The van der Waals surface area contributed by atoms with Gasteiger partial charge >= 0.3 is 5.97 Å². The van der Waals surface area contributed by atoms with Gasteiger partial charge in [0.05, 0.1) is 17.8 Å². The Kier molecular flexibility index (Phi) is 4.12. The first-order chi connectivity index (χ1) is 8.54. The molecule has 0 saturated carbocycles. The SMILES string of the molecule is O=C(O)Cc1csc(Nc2ccc(F)cc2I)n1. The van der Waals surface area contributed by atoms with E-state index in [1.165, 1.54) is 23.5 Å². The largest absolute Gasteiger partial charge is 0.481 e. The molecule has 1 aromatic carbocycles. The summed E-state index contributed by atoms with van der Waals surface area (Å²) in [5.74, 6) is -1.21. The molecule has 2 aromatic rings. The summed E-state index contributed by atoms with van der Waals surface area (Å²) in [7, 11) is 0. The van der Waals surface area contributed by atoms with Gasteiger partial charge in [-0.25, -0.2) is 9.37 Å². The summed E-state index contributed by atoms with van der Waals surface area (Å²) in [4.78, 5) is 14.7. The summed E-state index contributed by atoms with van der Waals surface area (Å²) >= 11 is 3.34. The number of nitrogens with one attached hydrogen (secondary N) is 1. The molecular weight excluding hydrogens is 370 g/mol. The molecule has 0 aliphatic heterocycles. The van der Waals surface area contributed by atoms with E-state index in [1.54, 1.807) is 11.4 Å². The minimum Gasteiger partial charge on any atom is -0.481 e. The Hall–Kier alpha value is -1.22. The minimum absolute atomic E-state index is 0.0985. The van der Waals surface area contributed by atoms with E-state index in [9.17, 15) is 9.18 Å². The number of hydrogen-bond donors (Lipinski definition) is 2. The molecule has 1 aromatic heterocycles. The monoisotopic (exact) mass is 378 g/mol. The normalized spacial score (nSPS) is 10.3. The van der Waals surface area contributed by atoms with E-state index in [0.717, 1.165) is 9.26 Å². The predicted molar refractivity (Wildman–Crippen MR) is 75.9 cm³/mol. The van der Waals surface area contributed by atoms with E-state index in [-0.39, 0.29) is 12.2 Å². The molecule has 0 spiro atoms. The highest BCUT2D eigenvalue weighted by Gasteiger charge is 2.08. The van der Waals surface area contributed by atoms with Gasteiger partial charge in [-0.3, -0.25) is 4.79 Å². The zero-order chi connectivity index (χ0) is 13.1. The van der Waals surface area contributed by atoms with Gasteiger partial charge in [-0.15, -0.1) is 11.3 Å². The van der Waals surface area contributed by atoms with Crippen molar-refractivity contribution in [2.75, 3.05) is 5.32 Å². The lowest BCUT2D eigenvalue weighted by Crippen LogP contribution is -2.00. The van der Waals surface area contributed by atoms with E-state index >= 15 is 0 Å². The highest BCUT2D eigenvalue weighted by Crippen LogP contribution is 2.25. The Morgan fingerprint density at radius 3 is 3.00 bits per heavy atom. The van der Waals surface area contributed by atoms with E-state index in [1.807, 2.05) is 22.6 Å². The van der Waals surface area contributed by atoms with Crippen LogP contribution in [0.2, 0.25) is 0 Å². The van der Waals surface area contributed by atoms with E-state index in [2.05, 4.69) is 10.3 Å². The third-order valence-corrected chi connectivity index (χ3v) is 3.76. The predicted octanol–water partition coefficient (Wildman–Crippen LogP) is 3.26. The van der Waals surface area contributed by atoms with Gasteiger partial charge in [0.2, 0.25) is 0 Å². The van der Waals surface area contributed by atoms with Crippen LogP contribution >= 0.6 is 33.9 Å². The molecule has 0 amide bonds. The van der Waals surface area contributed by atoms with Gasteiger partial charge in [0.15, 0.2) is 5.13 Å². The summed E-state index contributed by atoms with van der Waals surface area (Å²) in [6, 6.07) is 4.39. The van der Waals surface area contributed by atoms with Crippen LogP contribution in [0, 0.1) is 9.39 Å². The zero-order valence-electron chi connectivity index (χ0n) is 8.98. The summed E-state index contributed by atoms with van der Waals surface area (Å²) in [5, 5.41) is 14.0. The maximum atomic E-state index is 12.9. The topological polar surface area (TPSA) is 62.2 Å². The number of carboxylic acids is 1. The number of carboxylic acid groups (broad SMARTS) is 1. The molecule has 0 aliphatic rings. The molecule has 0 aliphatic carbocycles. The molecule has 0 saturated heterocycles. The van der Waals surface area contributed by atoms with Crippen LogP contribution in [0.15, 0.2) is 23.6 Å². The fourth-order valence-electron chi connectivity index (χ4n) is 1.31. The summed E-state index contributed by atoms with van der Waals surface area (Å²) < 4.78 is 13.7. The van der Waals surface area contributed by atoms with Crippen LogP contribution in [0.5, 0.6) is 0 Å². The van der Waals surface area contributed by atoms with E-state index in [4.69, 9.17) is 5.11 Å². The highest BCUT2D eigenvalue weighted by atomic mass is 127. The number of carbonyl (C=O) groups is 1. The Morgan fingerprint density at radius 2 is 2.33 bits per heavy atom. The fourth-order valence-corrected chi connectivity index (χ4v) is 2.64. The van der Waals surface area contributed by atoms with Crippen molar-refractivity contribution in [3.63, 3.8) is 0 Å². The third kappa shape index (κ3) is 3.39. The van der Waals surface area contributed by atoms with Crippen LogP contribution < -0.4 is 5.32 Å². The first-order valence-electron chi connectivity index (χ1n) is 4.93. The van der Waals surface area contributed by atoms with Crippen molar-refractivity contribution >= 4 is 50.7 Å². The van der Waals surface area contributed by atoms with E-state index in [0.29, 0.717) is 10.8 Å². The van der Waals surface area contributed by atoms with Gasteiger partial charge in [0.25, 0.3) is 0 Å². The first-order valence-corrected chi connectivity index (χ1v) is 6.88. The Morgan fingerprint density at radius 1 is 1.56 bits per heavy atom. The smallest absolute Gasteiger partial charge is 0.309 e. The molecule has 0 unspecified atom stereocenters. The lowest BCUT2D eigenvalue weighted by Gasteiger charge is -2.04. The van der Waals surface area contributed by atoms with Crippen LogP contribution in [-0.2, 0) is 11.2 Å². The quantitative estimate of drug-likeness (QED) is 0.802. The second-order valence-electron chi connectivity index (χ2n) is 3.46. The number of thiazole rings is 1. The average molecular weight is 378 g/mol. The average Bonchev–Trinajstić information content (AvgIpc) is 2.69. The van der Waals surface area contributed by atoms with Crippen LogP contribution in [-0.4, -0.2) is 16.1 Å². The van der Waals surface area contributed by atoms with Crippen LogP contribution in [0.25, 0.3) is 0 Å². The molecule has 4 nitrogen and oxygen atoms in total. The van der Waals surface area contributed by atoms with Crippen molar-refractivity contribution in [1.29, 1.82) is 0 Å². The fraction of sp³-hybridized carbons (Fsp3) is 0.0909. The molecule has 2 N–H and O–H groups in total. The number of anilines is 2. The zero-order valence-corrected chi connectivity index (χ0v) is 12.0. The van der Waals surface area contributed by atoms with Gasteiger partial charge in [0.1, 0.15) is 5.82 Å². The first kappa shape index (κ1) is 13.2. The number of aromatic nitrogens is 1. The van der Waals surface area contributed by atoms with E-state index < -0.39 is 5.97 Å². The van der Waals surface area contributed by atoms with Crippen molar-refractivity contribution < 1.29 is 14.3 Å². The minimum atomic E-state index is -0.914. The van der Waals surface area contributed by atoms with Gasteiger partial charge in [-0.1, -0.05) is 0 Å². The lowest BCUT2D eigenvalue weighted by molar-refractivity contribution is -0.136. The Balaban J connectivity index is 2.13. The van der Waals surface area contributed by atoms with Crippen molar-refractivity contribution in [2.45, 2.75) is 6.42 Å². The van der Waals surface area contributed by atoms with Crippen molar-refractivity contribution in [1.82, 2.24) is 4.98 Å². The van der Waals surface area contributed by atoms with Crippen LogP contribution in [0.4, 0.5) is 15.2 Å². The molecule has 18 heavy (non-hydrogen) atoms. The molecule has 7 heteroatoms. The maximum absolute atomic E-state index is 12.9. The maximum Gasteiger partial charge on any atom is 0.309 e. The summed E-state index contributed by atoms with van der Waals surface area (Å²) in [5.41, 5.74) is 1.25. The second kappa shape index (κ2) is 5.61. The molecule has 0 atom stereocenters.